The number of benzene rings is 2. The fraction of sp³-hybridized carbons (Fsp3) is 0.367. The minimum atomic E-state index is -0.365. The van der Waals surface area contributed by atoms with Crippen LogP contribution in [0.3, 0.4) is 0 Å². The highest BCUT2D eigenvalue weighted by Gasteiger charge is 2.35. The average Bonchev–Trinajstić information content (AvgIpc) is 3.70. The van der Waals surface area contributed by atoms with E-state index in [0.717, 1.165) is 29.2 Å². The van der Waals surface area contributed by atoms with Gasteiger partial charge in [-0.1, -0.05) is 35.9 Å². The largest absolute Gasteiger partial charge is 0.493 e. The number of methoxy groups -OCH3 is 2. The molecule has 0 unspecified atom stereocenters. The van der Waals surface area contributed by atoms with Gasteiger partial charge >= 0.3 is 0 Å². The lowest BCUT2D eigenvalue weighted by Crippen LogP contribution is -2.46. The molecule has 1 saturated heterocycles. The fourth-order valence-electron chi connectivity index (χ4n) is 5.03. The van der Waals surface area contributed by atoms with E-state index in [4.69, 9.17) is 30.9 Å². The van der Waals surface area contributed by atoms with E-state index in [0.29, 0.717) is 54.8 Å². The molecular weight excluding hydrogens is 564 g/mol. The first-order valence-corrected chi connectivity index (χ1v) is 14.7. The molecule has 9 nitrogen and oxygen atoms in total. The number of halogens is 1. The van der Waals surface area contributed by atoms with Crippen LogP contribution < -0.4 is 9.47 Å². The SMILES string of the molecule is COc1ccc([C@H]2CC(c3cccs3)=NN2C(=O)CN(CCN2CCOCC2)C(=O)c2ccccc2Cl)cc1OC. The molecule has 3 heterocycles. The van der Waals surface area contributed by atoms with Crippen LogP contribution in [0.4, 0.5) is 0 Å². The molecule has 1 fully saturated rings. The Morgan fingerprint density at radius 3 is 2.56 bits per heavy atom. The first kappa shape index (κ1) is 29.1. The first-order chi connectivity index (χ1) is 20.0. The Bertz CT molecular complexity index is 1390. The Hall–Kier alpha value is -3.44. The highest BCUT2D eigenvalue weighted by Crippen LogP contribution is 2.38. The third kappa shape index (κ3) is 6.73. The van der Waals surface area contributed by atoms with Gasteiger partial charge in [-0.3, -0.25) is 14.5 Å². The van der Waals surface area contributed by atoms with Gasteiger partial charge in [0.2, 0.25) is 0 Å². The third-order valence-corrected chi connectivity index (χ3v) is 8.52. The summed E-state index contributed by atoms with van der Waals surface area (Å²) in [7, 11) is 3.17. The summed E-state index contributed by atoms with van der Waals surface area (Å²) in [5.41, 5.74) is 2.05. The molecule has 0 saturated carbocycles. The van der Waals surface area contributed by atoms with Crippen molar-refractivity contribution in [2.24, 2.45) is 5.10 Å². The second-order valence-corrected chi connectivity index (χ2v) is 11.1. The maximum Gasteiger partial charge on any atom is 0.262 e. The Labute approximate surface area is 248 Å². The zero-order valence-corrected chi connectivity index (χ0v) is 24.7. The standard InChI is InChI=1S/C30H33ClN4O5S/c1-38-26-10-9-21(18-27(26)39-2)25-19-24(28-8-5-17-41-28)32-35(25)29(36)20-34(12-11-33-13-15-40-16-14-33)30(37)22-6-3-4-7-23(22)31/h3-10,17-18,25H,11-16,19-20H2,1-2H3/t25-/m1/s1. The lowest BCUT2D eigenvalue weighted by atomic mass is 10.0. The number of thiophene rings is 1. The summed E-state index contributed by atoms with van der Waals surface area (Å²) in [6, 6.07) is 16.1. The lowest BCUT2D eigenvalue weighted by molar-refractivity contribution is -0.133. The van der Waals surface area contributed by atoms with Crippen LogP contribution in [0, 0.1) is 0 Å². The van der Waals surface area contributed by atoms with Gasteiger partial charge in [-0.2, -0.15) is 5.10 Å². The molecule has 0 aliphatic carbocycles. The van der Waals surface area contributed by atoms with E-state index in [-0.39, 0.29) is 24.4 Å². The Morgan fingerprint density at radius 2 is 1.85 bits per heavy atom. The zero-order chi connectivity index (χ0) is 28.8. The summed E-state index contributed by atoms with van der Waals surface area (Å²) < 4.78 is 16.4. The lowest BCUT2D eigenvalue weighted by Gasteiger charge is -2.31. The van der Waals surface area contributed by atoms with Crippen molar-refractivity contribution in [1.29, 1.82) is 0 Å². The molecule has 2 aromatic carbocycles. The number of hydrogen-bond donors (Lipinski definition) is 0. The van der Waals surface area contributed by atoms with Crippen LogP contribution in [0.25, 0.3) is 0 Å². The van der Waals surface area contributed by atoms with Crippen LogP contribution in [-0.4, -0.2) is 92.5 Å². The monoisotopic (exact) mass is 596 g/mol. The van der Waals surface area contributed by atoms with Crippen LogP contribution >= 0.6 is 22.9 Å². The van der Waals surface area contributed by atoms with E-state index in [9.17, 15) is 9.59 Å². The molecule has 1 aromatic heterocycles. The minimum Gasteiger partial charge on any atom is -0.493 e. The third-order valence-electron chi connectivity index (χ3n) is 7.27. The molecule has 2 aliphatic heterocycles. The van der Waals surface area contributed by atoms with Gasteiger partial charge in [0, 0.05) is 32.6 Å². The van der Waals surface area contributed by atoms with Gasteiger partial charge in [0.25, 0.3) is 11.8 Å². The molecule has 11 heteroatoms. The van der Waals surface area contributed by atoms with Crippen molar-refractivity contribution in [2.45, 2.75) is 12.5 Å². The Balaban J connectivity index is 1.43. The molecule has 2 amide bonds. The summed E-state index contributed by atoms with van der Waals surface area (Å²) in [6.07, 6.45) is 0.536. The van der Waals surface area contributed by atoms with E-state index >= 15 is 0 Å². The Morgan fingerprint density at radius 1 is 1.07 bits per heavy atom. The molecule has 41 heavy (non-hydrogen) atoms. The van der Waals surface area contributed by atoms with Gasteiger partial charge in [-0.25, -0.2) is 5.01 Å². The topological polar surface area (TPSA) is 83.9 Å². The fourth-order valence-corrected chi connectivity index (χ4v) is 5.97. The van der Waals surface area contributed by atoms with Crippen molar-refractivity contribution in [3.63, 3.8) is 0 Å². The Kier molecular flexibility index (Phi) is 9.56. The van der Waals surface area contributed by atoms with E-state index in [1.807, 2.05) is 35.7 Å². The zero-order valence-electron chi connectivity index (χ0n) is 23.1. The molecule has 5 rings (SSSR count). The number of carbonyl (C=O) groups excluding carboxylic acids is 2. The number of carbonyl (C=O) groups is 2. The van der Waals surface area contributed by atoms with Crippen LogP contribution in [0.15, 0.2) is 65.1 Å². The second kappa shape index (κ2) is 13.5. The normalized spacial score (nSPS) is 17.3. The molecule has 216 valence electrons. The first-order valence-electron chi connectivity index (χ1n) is 13.5. The summed E-state index contributed by atoms with van der Waals surface area (Å²) in [5.74, 6) is 0.606. The second-order valence-electron chi connectivity index (χ2n) is 9.76. The number of rotatable bonds is 10. The average molecular weight is 597 g/mol. The predicted molar refractivity (Wildman–Crippen MR) is 159 cm³/mol. The quantitative estimate of drug-likeness (QED) is 0.341. The predicted octanol–water partition coefficient (Wildman–Crippen LogP) is 4.57. The summed E-state index contributed by atoms with van der Waals surface area (Å²) in [6.45, 7) is 3.71. The molecule has 0 spiro atoms. The van der Waals surface area contributed by atoms with Crippen LogP contribution in [0.1, 0.15) is 33.3 Å². The van der Waals surface area contributed by atoms with Crippen molar-refractivity contribution < 1.29 is 23.8 Å². The maximum absolute atomic E-state index is 14.0. The smallest absolute Gasteiger partial charge is 0.262 e. The van der Waals surface area contributed by atoms with Crippen LogP contribution in [0.2, 0.25) is 5.02 Å². The number of amides is 2. The van der Waals surface area contributed by atoms with Crippen molar-refractivity contribution in [2.75, 3.05) is 60.2 Å². The molecule has 1 atom stereocenters. The molecule has 2 aliphatic rings. The molecule has 0 bridgehead atoms. The summed E-state index contributed by atoms with van der Waals surface area (Å²) in [5, 5.41) is 8.64. The van der Waals surface area contributed by atoms with Gasteiger partial charge in [-0.05, 0) is 41.3 Å². The van der Waals surface area contributed by atoms with Crippen molar-refractivity contribution >= 4 is 40.5 Å². The van der Waals surface area contributed by atoms with Gasteiger partial charge in [0.1, 0.15) is 6.54 Å². The van der Waals surface area contributed by atoms with Crippen LogP contribution in [-0.2, 0) is 9.53 Å². The number of nitrogens with zero attached hydrogens (tertiary/aromatic N) is 4. The number of hydrogen-bond acceptors (Lipinski definition) is 8. The number of hydrazone groups is 1. The van der Waals surface area contributed by atoms with Crippen LogP contribution in [0.5, 0.6) is 11.5 Å². The number of ether oxygens (including phenoxy) is 3. The van der Waals surface area contributed by atoms with Crippen molar-refractivity contribution in [1.82, 2.24) is 14.8 Å². The highest BCUT2D eigenvalue weighted by atomic mass is 35.5. The van der Waals surface area contributed by atoms with E-state index in [1.165, 1.54) is 5.01 Å². The van der Waals surface area contributed by atoms with Crippen molar-refractivity contribution in [3.8, 4) is 11.5 Å². The van der Waals surface area contributed by atoms with Gasteiger partial charge < -0.3 is 19.1 Å². The van der Waals surface area contributed by atoms with Gasteiger partial charge in [-0.15, -0.1) is 11.3 Å². The number of morpholine rings is 1. The summed E-state index contributed by atoms with van der Waals surface area (Å²) >= 11 is 7.97. The van der Waals surface area contributed by atoms with Gasteiger partial charge in [0.15, 0.2) is 11.5 Å². The molecular formula is C30H33ClN4O5S. The van der Waals surface area contributed by atoms with Gasteiger partial charge in [0.05, 0.1) is 54.7 Å². The van der Waals surface area contributed by atoms with E-state index < -0.39 is 0 Å². The van der Waals surface area contributed by atoms with E-state index in [1.54, 1.807) is 54.7 Å². The van der Waals surface area contributed by atoms with E-state index in [2.05, 4.69) is 4.90 Å². The molecule has 0 radical (unpaired) electrons. The highest BCUT2D eigenvalue weighted by molar-refractivity contribution is 7.12. The molecule has 3 aromatic rings. The minimum absolute atomic E-state index is 0.139. The maximum atomic E-state index is 14.0. The van der Waals surface area contributed by atoms with Crippen molar-refractivity contribution in [3.05, 3.63) is 81.0 Å². The molecule has 0 N–H and O–H groups in total. The summed E-state index contributed by atoms with van der Waals surface area (Å²) in [4.78, 5) is 32.5.